The molecule has 0 fully saturated rings. The summed E-state index contributed by atoms with van der Waals surface area (Å²) >= 11 is 0. The molecule has 1 amide bonds. The molecule has 0 unspecified atom stereocenters. The highest BCUT2D eigenvalue weighted by molar-refractivity contribution is 6.09. The zero-order chi connectivity index (χ0) is 20.5. The predicted molar refractivity (Wildman–Crippen MR) is 118 cm³/mol. The molecule has 3 aromatic rings. The van der Waals surface area contributed by atoms with E-state index >= 15 is 0 Å². The number of pyridine rings is 1. The molecule has 0 aliphatic heterocycles. The summed E-state index contributed by atoms with van der Waals surface area (Å²) in [7, 11) is 0. The minimum absolute atomic E-state index is 0.132. The standard InChI is InChI=1S/C24H24N4O/c1-18(20-10-4-3-5-11-20)27-28-19(2)22-13-6-7-14-23(22)24(29)26-17-15-21-12-8-9-16-25-21/h3-14,16,27H,1,15,17H2,2H3,(H,26,29)/b28-19+. The molecule has 1 aromatic heterocycles. The van der Waals surface area contributed by atoms with Gasteiger partial charge < -0.3 is 5.32 Å². The molecule has 0 spiro atoms. The van der Waals surface area contributed by atoms with Gasteiger partial charge in [-0.15, -0.1) is 0 Å². The SMILES string of the molecule is C=C(N/N=C(\C)c1ccccc1C(=O)NCCc1ccccn1)c1ccccc1. The van der Waals surface area contributed by atoms with Crippen molar-refractivity contribution in [3.63, 3.8) is 0 Å². The Hall–Kier alpha value is -3.73. The zero-order valence-electron chi connectivity index (χ0n) is 16.4. The lowest BCUT2D eigenvalue weighted by Crippen LogP contribution is -2.27. The molecule has 2 aromatic carbocycles. The second-order valence-electron chi connectivity index (χ2n) is 6.53. The fourth-order valence-corrected chi connectivity index (χ4v) is 2.86. The molecule has 0 radical (unpaired) electrons. The van der Waals surface area contributed by atoms with Gasteiger partial charge in [0.05, 0.1) is 11.4 Å². The van der Waals surface area contributed by atoms with Crippen molar-refractivity contribution < 1.29 is 4.79 Å². The molecule has 0 aliphatic carbocycles. The van der Waals surface area contributed by atoms with E-state index in [0.29, 0.717) is 29.9 Å². The fourth-order valence-electron chi connectivity index (χ4n) is 2.86. The lowest BCUT2D eigenvalue weighted by Gasteiger charge is -2.11. The van der Waals surface area contributed by atoms with Gasteiger partial charge in [-0.2, -0.15) is 5.10 Å². The molecule has 0 aliphatic rings. The molecule has 5 nitrogen and oxygen atoms in total. The Bertz CT molecular complexity index is 998. The molecule has 29 heavy (non-hydrogen) atoms. The van der Waals surface area contributed by atoms with Crippen molar-refractivity contribution in [1.29, 1.82) is 0 Å². The predicted octanol–water partition coefficient (Wildman–Crippen LogP) is 4.04. The molecule has 0 atom stereocenters. The maximum atomic E-state index is 12.7. The first-order chi connectivity index (χ1) is 14.1. The number of nitrogens with one attached hydrogen (secondary N) is 2. The van der Waals surface area contributed by atoms with Gasteiger partial charge in [0.25, 0.3) is 5.91 Å². The van der Waals surface area contributed by atoms with Crippen LogP contribution in [0.2, 0.25) is 0 Å². The number of hydrogen-bond acceptors (Lipinski definition) is 4. The van der Waals surface area contributed by atoms with Crippen molar-refractivity contribution in [2.45, 2.75) is 13.3 Å². The van der Waals surface area contributed by atoms with Gasteiger partial charge in [0.15, 0.2) is 0 Å². The normalized spacial score (nSPS) is 11.0. The van der Waals surface area contributed by atoms with E-state index in [1.807, 2.05) is 73.7 Å². The number of carbonyl (C=O) groups excluding carboxylic acids is 1. The van der Waals surface area contributed by atoms with Crippen LogP contribution in [0.25, 0.3) is 5.70 Å². The van der Waals surface area contributed by atoms with Gasteiger partial charge in [0, 0.05) is 36.0 Å². The van der Waals surface area contributed by atoms with Crippen LogP contribution in [0.4, 0.5) is 0 Å². The summed E-state index contributed by atoms with van der Waals surface area (Å²) in [5, 5.41) is 7.38. The Morgan fingerprint density at radius 1 is 0.966 bits per heavy atom. The minimum Gasteiger partial charge on any atom is -0.352 e. The summed E-state index contributed by atoms with van der Waals surface area (Å²) in [5.41, 5.74) is 7.65. The molecular weight excluding hydrogens is 360 g/mol. The van der Waals surface area contributed by atoms with Crippen molar-refractivity contribution in [2.75, 3.05) is 6.54 Å². The van der Waals surface area contributed by atoms with E-state index in [4.69, 9.17) is 0 Å². The van der Waals surface area contributed by atoms with Gasteiger partial charge in [-0.25, -0.2) is 0 Å². The lowest BCUT2D eigenvalue weighted by molar-refractivity contribution is 0.0954. The number of aromatic nitrogens is 1. The third kappa shape index (κ3) is 5.62. The van der Waals surface area contributed by atoms with Crippen LogP contribution in [0.1, 0.15) is 34.1 Å². The van der Waals surface area contributed by atoms with Crippen molar-refractivity contribution in [2.24, 2.45) is 5.10 Å². The van der Waals surface area contributed by atoms with Gasteiger partial charge in [-0.3, -0.25) is 15.2 Å². The summed E-state index contributed by atoms with van der Waals surface area (Å²) in [6, 6.07) is 23.0. The van der Waals surface area contributed by atoms with E-state index in [9.17, 15) is 4.79 Å². The van der Waals surface area contributed by atoms with Crippen molar-refractivity contribution in [3.8, 4) is 0 Å². The fraction of sp³-hybridized carbons (Fsp3) is 0.125. The first kappa shape index (κ1) is 20.0. The average molecular weight is 384 g/mol. The molecule has 0 saturated heterocycles. The van der Waals surface area contributed by atoms with Crippen LogP contribution in [0, 0.1) is 0 Å². The maximum Gasteiger partial charge on any atom is 0.251 e. The smallest absolute Gasteiger partial charge is 0.251 e. The Morgan fingerprint density at radius 3 is 2.38 bits per heavy atom. The van der Waals surface area contributed by atoms with Crippen LogP contribution in [0.15, 0.2) is 90.7 Å². The van der Waals surface area contributed by atoms with E-state index in [1.165, 1.54) is 0 Å². The Balaban J connectivity index is 1.65. The number of carbonyl (C=O) groups is 1. The van der Waals surface area contributed by atoms with Crippen LogP contribution in [0.5, 0.6) is 0 Å². The van der Waals surface area contributed by atoms with Crippen molar-refractivity contribution in [1.82, 2.24) is 15.7 Å². The van der Waals surface area contributed by atoms with Gasteiger partial charge in [-0.05, 0) is 30.7 Å². The largest absolute Gasteiger partial charge is 0.352 e. The highest BCUT2D eigenvalue weighted by atomic mass is 16.1. The van der Waals surface area contributed by atoms with E-state index < -0.39 is 0 Å². The number of amides is 1. The third-order valence-electron chi connectivity index (χ3n) is 4.44. The van der Waals surface area contributed by atoms with Crippen molar-refractivity contribution >= 4 is 17.3 Å². The molecule has 1 heterocycles. The Labute approximate surface area is 171 Å². The van der Waals surface area contributed by atoms with Gasteiger partial charge in [0.1, 0.15) is 0 Å². The Kier molecular flexibility index (Phi) is 6.90. The molecule has 0 saturated carbocycles. The minimum atomic E-state index is -0.132. The molecule has 5 heteroatoms. The number of hydrazone groups is 1. The number of rotatable bonds is 8. The molecule has 2 N–H and O–H groups in total. The summed E-state index contributed by atoms with van der Waals surface area (Å²) in [5.74, 6) is -0.132. The molecule has 3 rings (SSSR count). The van der Waals surface area contributed by atoms with Gasteiger partial charge in [0.2, 0.25) is 0 Å². The van der Waals surface area contributed by atoms with Gasteiger partial charge in [-0.1, -0.05) is 61.2 Å². The van der Waals surface area contributed by atoms with E-state index in [0.717, 1.165) is 16.8 Å². The molecule has 0 bridgehead atoms. The monoisotopic (exact) mass is 384 g/mol. The quantitative estimate of drug-likeness (QED) is 0.455. The number of benzene rings is 2. The van der Waals surface area contributed by atoms with Crippen molar-refractivity contribution in [3.05, 3.63) is 108 Å². The average Bonchev–Trinajstić information content (AvgIpc) is 2.78. The van der Waals surface area contributed by atoms with Crippen LogP contribution in [0.3, 0.4) is 0 Å². The summed E-state index contributed by atoms with van der Waals surface area (Å²) in [6.07, 6.45) is 2.43. The van der Waals surface area contributed by atoms with Gasteiger partial charge >= 0.3 is 0 Å². The maximum absolute atomic E-state index is 12.7. The highest BCUT2D eigenvalue weighted by Gasteiger charge is 2.12. The Morgan fingerprint density at radius 2 is 1.66 bits per heavy atom. The zero-order valence-corrected chi connectivity index (χ0v) is 16.4. The van der Waals surface area contributed by atoms with Crippen LogP contribution < -0.4 is 10.7 Å². The van der Waals surface area contributed by atoms with E-state index in [-0.39, 0.29) is 5.91 Å². The van der Waals surface area contributed by atoms with E-state index in [1.54, 1.807) is 12.3 Å². The van der Waals surface area contributed by atoms with Crippen LogP contribution >= 0.6 is 0 Å². The van der Waals surface area contributed by atoms with Crippen LogP contribution in [-0.2, 0) is 6.42 Å². The summed E-state index contributed by atoms with van der Waals surface area (Å²) in [6.45, 7) is 6.40. The molecular formula is C24H24N4O. The van der Waals surface area contributed by atoms with Crippen LogP contribution in [-0.4, -0.2) is 23.1 Å². The highest BCUT2D eigenvalue weighted by Crippen LogP contribution is 2.12. The topological polar surface area (TPSA) is 66.4 Å². The lowest BCUT2D eigenvalue weighted by atomic mass is 10.0. The second kappa shape index (κ2) is 9.99. The first-order valence-electron chi connectivity index (χ1n) is 9.47. The van der Waals surface area contributed by atoms with E-state index in [2.05, 4.69) is 27.4 Å². The number of nitrogens with zero attached hydrogens (tertiary/aromatic N) is 2. The second-order valence-corrected chi connectivity index (χ2v) is 6.53. The summed E-state index contributed by atoms with van der Waals surface area (Å²) in [4.78, 5) is 17.0. The first-order valence-corrected chi connectivity index (χ1v) is 9.47. The number of hydrogen-bond donors (Lipinski definition) is 2. The third-order valence-corrected chi connectivity index (χ3v) is 4.44. The molecule has 146 valence electrons. The summed E-state index contributed by atoms with van der Waals surface area (Å²) < 4.78 is 0.